The van der Waals surface area contributed by atoms with Crippen molar-refractivity contribution in [1.29, 1.82) is 0 Å². The minimum absolute atomic E-state index is 0.667. The molecule has 0 saturated heterocycles. The Morgan fingerprint density at radius 2 is 1.71 bits per heavy atom. The summed E-state index contributed by atoms with van der Waals surface area (Å²) in [5.74, 6) is 0. The summed E-state index contributed by atoms with van der Waals surface area (Å²) in [5, 5.41) is 3.47. The second kappa shape index (κ2) is 8.48. The van der Waals surface area contributed by atoms with E-state index >= 15 is 0 Å². The van der Waals surface area contributed by atoms with E-state index in [0.29, 0.717) is 6.61 Å². The van der Waals surface area contributed by atoms with Crippen molar-refractivity contribution in [1.82, 2.24) is 0 Å². The summed E-state index contributed by atoms with van der Waals surface area (Å²) in [6, 6.07) is 17.3. The van der Waals surface area contributed by atoms with E-state index in [4.69, 9.17) is 4.74 Å². The highest BCUT2D eigenvalue weighted by molar-refractivity contribution is 5.45. The third kappa shape index (κ3) is 5.24. The van der Waals surface area contributed by atoms with E-state index in [-0.39, 0.29) is 0 Å². The maximum atomic E-state index is 5.17. The molecule has 0 unspecified atom stereocenters. The van der Waals surface area contributed by atoms with E-state index < -0.39 is 0 Å². The van der Waals surface area contributed by atoms with Crippen molar-refractivity contribution in [2.24, 2.45) is 0 Å². The minimum Gasteiger partial charge on any atom is -0.381 e. The molecule has 0 aliphatic heterocycles. The van der Waals surface area contributed by atoms with E-state index in [2.05, 4.69) is 60.8 Å². The van der Waals surface area contributed by atoms with Gasteiger partial charge in [0.05, 0.1) is 6.61 Å². The standard InChI is InChI=1S/C19H25NO/c1-3-4-6-16-9-11-19(12-10-16)20-14-17-7-5-8-18(13-17)15-21-2/h5,7-13,20H,3-4,6,14-15H2,1-2H3. The van der Waals surface area contributed by atoms with Gasteiger partial charge in [-0.05, 0) is 41.7 Å². The van der Waals surface area contributed by atoms with Crippen molar-refractivity contribution < 1.29 is 4.74 Å². The van der Waals surface area contributed by atoms with Crippen LogP contribution in [0.25, 0.3) is 0 Å². The van der Waals surface area contributed by atoms with Crippen molar-refractivity contribution in [3.05, 3.63) is 65.2 Å². The molecule has 2 aromatic carbocycles. The van der Waals surface area contributed by atoms with Gasteiger partial charge in [-0.3, -0.25) is 0 Å². The van der Waals surface area contributed by atoms with Crippen LogP contribution >= 0.6 is 0 Å². The van der Waals surface area contributed by atoms with Gasteiger partial charge in [-0.1, -0.05) is 49.7 Å². The molecule has 0 radical (unpaired) electrons. The largest absolute Gasteiger partial charge is 0.381 e. The van der Waals surface area contributed by atoms with Crippen LogP contribution in [-0.4, -0.2) is 7.11 Å². The van der Waals surface area contributed by atoms with Gasteiger partial charge in [0.2, 0.25) is 0 Å². The normalized spacial score (nSPS) is 10.6. The van der Waals surface area contributed by atoms with Gasteiger partial charge < -0.3 is 10.1 Å². The lowest BCUT2D eigenvalue weighted by molar-refractivity contribution is 0.185. The van der Waals surface area contributed by atoms with E-state index in [1.54, 1.807) is 7.11 Å². The predicted octanol–water partition coefficient (Wildman–Crippen LogP) is 4.79. The third-order valence-corrected chi connectivity index (χ3v) is 3.57. The SMILES string of the molecule is CCCCc1ccc(NCc2cccc(COC)c2)cc1. The first kappa shape index (κ1) is 15.6. The quantitative estimate of drug-likeness (QED) is 0.752. The topological polar surface area (TPSA) is 21.3 Å². The fraction of sp³-hybridized carbons (Fsp3) is 0.368. The van der Waals surface area contributed by atoms with Gasteiger partial charge in [-0.2, -0.15) is 0 Å². The van der Waals surface area contributed by atoms with E-state index in [9.17, 15) is 0 Å². The molecular formula is C19H25NO. The van der Waals surface area contributed by atoms with Crippen LogP contribution in [0.15, 0.2) is 48.5 Å². The highest BCUT2D eigenvalue weighted by Crippen LogP contribution is 2.14. The summed E-state index contributed by atoms with van der Waals surface area (Å²) in [5.41, 5.74) is 5.09. The molecule has 112 valence electrons. The fourth-order valence-corrected chi connectivity index (χ4v) is 2.37. The Balaban J connectivity index is 1.88. The molecule has 0 heterocycles. The van der Waals surface area contributed by atoms with Gasteiger partial charge >= 0.3 is 0 Å². The van der Waals surface area contributed by atoms with Crippen LogP contribution in [0.4, 0.5) is 5.69 Å². The maximum Gasteiger partial charge on any atom is 0.0713 e. The molecule has 2 aromatic rings. The van der Waals surface area contributed by atoms with Crippen LogP contribution in [0.3, 0.4) is 0 Å². The number of hydrogen-bond acceptors (Lipinski definition) is 2. The number of nitrogens with one attached hydrogen (secondary N) is 1. The number of ether oxygens (including phenoxy) is 1. The first-order valence-corrected chi connectivity index (χ1v) is 7.71. The third-order valence-electron chi connectivity index (χ3n) is 3.57. The zero-order valence-corrected chi connectivity index (χ0v) is 13.1. The smallest absolute Gasteiger partial charge is 0.0713 e. The number of methoxy groups -OCH3 is 1. The average molecular weight is 283 g/mol. The van der Waals surface area contributed by atoms with E-state index in [1.165, 1.54) is 41.6 Å². The number of unbranched alkanes of at least 4 members (excludes halogenated alkanes) is 1. The maximum absolute atomic E-state index is 5.17. The molecule has 1 N–H and O–H groups in total. The first-order valence-electron chi connectivity index (χ1n) is 7.71. The lowest BCUT2D eigenvalue weighted by Crippen LogP contribution is -2.00. The molecule has 0 spiro atoms. The summed E-state index contributed by atoms with van der Waals surface area (Å²) in [6.45, 7) is 3.74. The number of benzene rings is 2. The van der Waals surface area contributed by atoms with Gasteiger partial charge in [0.15, 0.2) is 0 Å². The van der Waals surface area contributed by atoms with Crippen LogP contribution in [0.2, 0.25) is 0 Å². The molecule has 0 aliphatic rings. The van der Waals surface area contributed by atoms with Crippen molar-refractivity contribution >= 4 is 5.69 Å². The monoisotopic (exact) mass is 283 g/mol. The molecule has 2 rings (SSSR count). The minimum atomic E-state index is 0.667. The van der Waals surface area contributed by atoms with Crippen LogP contribution in [0.5, 0.6) is 0 Å². The average Bonchev–Trinajstić information content (AvgIpc) is 2.53. The zero-order chi connectivity index (χ0) is 14.9. The van der Waals surface area contributed by atoms with Gasteiger partial charge in [0.1, 0.15) is 0 Å². The summed E-state index contributed by atoms with van der Waals surface area (Å²) < 4.78 is 5.17. The fourth-order valence-electron chi connectivity index (χ4n) is 2.37. The lowest BCUT2D eigenvalue weighted by atomic mass is 10.1. The Kier molecular flexibility index (Phi) is 6.29. The van der Waals surface area contributed by atoms with Crippen LogP contribution < -0.4 is 5.32 Å². The Morgan fingerprint density at radius 1 is 0.952 bits per heavy atom. The Labute approximate surface area is 128 Å². The molecule has 0 aromatic heterocycles. The van der Waals surface area contributed by atoms with Crippen LogP contribution in [0, 0.1) is 0 Å². The number of hydrogen-bond donors (Lipinski definition) is 1. The van der Waals surface area contributed by atoms with Crippen molar-refractivity contribution in [3.8, 4) is 0 Å². The van der Waals surface area contributed by atoms with E-state index in [1.807, 2.05) is 0 Å². The number of rotatable bonds is 8. The Bertz CT molecular complexity index is 534. The highest BCUT2D eigenvalue weighted by atomic mass is 16.5. The van der Waals surface area contributed by atoms with Crippen LogP contribution in [-0.2, 0) is 24.3 Å². The van der Waals surface area contributed by atoms with Crippen LogP contribution in [0.1, 0.15) is 36.5 Å². The van der Waals surface area contributed by atoms with Crippen molar-refractivity contribution in [3.63, 3.8) is 0 Å². The molecule has 0 atom stereocenters. The molecule has 0 fully saturated rings. The highest BCUT2D eigenvalue weighted by Gasteiger charge is 1.98. The summed E-state index contributed by atoms with van der Waals surface area (Å²) in [7, 11) is 1.73. The van der Waals surface area contributed by atoms with Crippen molar-refractivity contribution in [2.75, 3.05) is 12.4 Å². The van der Waals surface area contributed by atoms with Gasteiger partial charge in [-0.15, -0.1) is 0 Å². The number of anilines is 1. The summed E-state index contributed by atoms with van der Waals surface area (Å²) in [6.07, 6.45) is 3.69. The molecule has 0 saturated carbocycles. The molecule has 0 aliphatic carbocycles. The lowest BCUT2D eigenvalue weighted by Gasteiger charge is -2.09. The second-order valence-electron chi connectivity index (χ2n) is 5.41. The number of aryl methyl sites for hydroxylation is 1. The molecule has 0 bridgehead atoms. The predicted molar refractivity (Wildman–Crippen MR) is 89.5 cm³/mol. The van der Waals surface area contributed by atoms with Gasteiger partial charge in [0, 0.05) is 19.3 Å². The van der Waals surface area contributed by atoms with E-state index in [0.717, 1.165) is 6.54 Å². The summed E-state index contributed by atoms with van der Waals surface area (Å²) in [4.78, 5) is 0. The second-order valence-corrected chi connectivity index (χ2v) is 5.41. The first-order chi connectivity index (χ1) is 10.3. The molecule has 21 heavy (non-hydrogen) atoms. The Morgan fingerprint density at radius 3 is 2.43 bits per heavy atom. The molecule has 2 heteroatoms. The van der Waals surface area contributed by atoms with Gasteiger partial charge in [0.25, 0.3) is 0 Å². The summed E-state index contributed by atoms with van der Waals surface area (Å²) >= 11 is 0. The Hall–Kier alpha value is -1.80. The molecule has 2 nitrogen and oxygen atoms in total. The zero-order valence-electron chi connectivity index (χ0n) is 13.1. The van der Waals surface area contributed by atoms with Gasteiger partial charge in [-0.25, -0.2) is 0 Å². The molecule has 0 amide bonds. The van der Waals surface area contributed by atoms with Crippen molar-refractivity contribution in [2.45, 2.75) is 39.3 Å². The molecular weight excluding hydrogens is 258 g/mol.